The number of methoxy groups -OCH3 is 1. The van der Waals surface area contributed by atoms with Crippen molar-refractivity contribution in [2.45, 2.75) is 20.4 Å². The van der Waals surface area contributed by atoms with Crippen LogP contribution in [0.2, 0.25) is 0 Å². The molecule has 0 saturated heterocycles. The summed E-state index contributed by atoms with van der Waals surface area (Å²) in [5.41, 5.74) is 5.71. The Kier molecular flexibility index (Phi) is 4.79. The van der Waals surface area contributed by atoms with Crippen LogP contribution in [0.15, 0.2) is 48.7 Å². The predicted molar refractivity (Wildman–Crippen MR) is 111 cm³/mol. The van der Waals surface area contributed by atoms with E-state index in [-0.39, 0.29) is 5.91 Å². The van der Waals surface area contributed by atoms with Crippen LogP contribution >= 0.6 is 0 Å². The summed E-state index contributed by atoms with van der Waals surface area (Å²) in [6, 6.07) is 13.3. The van der Waals surface area contributed by atoms with Gasteiger partial charge in [0, 0.05) is 42.0 Å². The molecule has 4 rings (SSSR count). The number of carbonyl (C=O) groups excluding carboxylic acids is 1. The van der Waals surface area contributed by atoms with E-state index in [1.165, 1.54) is 0 Å². The second-order valence-electron chi connectivity index (χ2n) is 6.83. The Morgan fingerprint density at radius 3 is 2.61 bits per heavy atom. The van der Waals surface area contributed by atoms with Crippen LogP contribution in [0.3, 0.4) is 0 Å². The number of amides is 1. The Morgan fingerprint density at radius 2 is 1.82 bits per heavy atom. The molecule has 0 atom stereocenters. The van der Waals surface area contributed by atoms with Crippen molar-refractivity contribution in [2.75, 3.05) is 19.0 Å². The van der Waals surface area contributed by atoms with Gasteiger partial charge in [-0.05, 0) is 56.3 Å². The van der Waals surface area contributed by atoms with Crippen LogP contribution in [0.25, 0.3) is 21.9 Å². The topological polar surface area (TPSA) is 69.0 Å². The molecule has 0 unspecified atom stereocenters. The Hall–Kier alpha value is -3.25. The van der Waals surface area contributed by atoms with Crippen LogP contribution in [0.4, 0.5) is 5.69 Å². The molecule has 2 heterocycles. The molecule has 0 aliphatic rings. The second kappa shape index (κ2) is 7.40. The van der Waals surface area contributed by atoms with Gasteiger partial charge in [0.05, 0.1) is 29.0 Å². The van der Waals surface area contributed by atoms with Crippen molar-refractivity contribution in [3.8, 4) is 0 Å². The summed E-state index contributed by atoms with van der Waals surface area (Å²) < 4.78 is 7.28. The Bertz CT molecular complexity index is 1180. The van der Waals surface area contributed by atoms with E-state index in [1.54, 1.807) is 19.2 Å². The number of anilines is 1. The summed E-state index contributed by atoms with van der Waals surface area (Å²) in [4.78, 5) is 21.8. The molecule has 6 heteroatoms. The molecule has 0 saturated carbocycles. The average molecular weight is 374 g/mol. The minimum absolute atomic E-state index is 0.167. The van der Waals surface area contributed by atoms with E-state index in [2.05, 4.69) is 19.9 Å². The van der Waals surface area contributed by atoms with E-state index in [0.717, 1.165) is 45.6 Å². The van der Waals surface area contributed by atoms with Crippen LogP contribution in [0.5, 0.6) is 0 Å². The lowest BCUT2D eigenvalue weighted by molar-refractivity contribution is 0.102. The van der Waals surface area contributed by atoms with Gasteiger partial charge in [-0.2, -0.15) is 0 Å². The maximum atomic E-state index is 12.7. The normalized spacial score (nSPS) is 11.2. The van der Waals surface area contributed by atoms with Gasteiger partial charge in [-0.25, -0.2) is 9.97 Å². The lowest BCUT2D eigenvalue weighted by Crippen LogP contribution is -2.12. The molecule has 0 fully saturated rings. The largest absolute Gasteiger partial charge is 0.383 e. The van der Waals surface area contributed by atoms with E-state index in [9.17, 15) is 4.79 Å². The molecule has 28 heavy (non-hydrogen) atoms. The van der Waals surface area contributed by atoms with Gasteiger partial charge in [0.1, 0.15) is 0 Å². The van der Waals surface area contributed by atoms with Crippen molar-refractivity contribution in [3.05, 3.63) is 65.6 Å². The average Bonchev–Trinajstić information content (AvgIpc) is 3.09. The zero-order valence-corrected chi connectivity index (χ0v) is 16.2. The van der Waals surface area contributed by atoms with Crippen LogP contribution < -0.4 is 5.32 Å². The second-order valence-corrected chi connectivity index (χ2v) is 6.83. The fraction of sp³-hybridized carbons (Fsp3) is 0.227. The highest BCUT2D eigenvalue weighted by Gasteiger charge is 2.10. The van der Waals surface area contributed by atoms with Crippen LogP contribution in [-0.2, 0) is 11.3 Å². The molecular weight excluding hydrogens is 352 g/mol. The van der Waals surface area contributed by atoms with Crippen molar-refractivity contribution in [1.29, 1.82) is 0 Å². The highest BCUT2D eigenvalue weighted by Crippen LogP contribution is 2.22. The minimum atomic E-state index is -0.167. The fourth-order valence-corrected chi connectivity index (χ4v) is 3.24. The number of hydrogen-bond donors (Lipinski definition) is 1. The smallest absolute Gasteiger partial charge is 0.255 e. The third kappa shape index (κ3) is 3.46. The SMILES string of the molecule is COCCn1ccc2cc(NC(=O)c3ccc4nc(C)c(C)nc4c3)ccc21. The first-order chi connectivity index (χ1) is 13.5. The van der Waals surface area contributed by atoms with E-state index in [1.807, 2.05) is 50.4 Å². The van der Waals surface area contributed by atoms with Crippen molar-refractivity contribution in [3.63, 3.8) is 0 Å². The monoisotopic (exact) mass is 374 g/mol. The summed E-state index contributed by atoms with van der Waals surface area (Å²) in [5.74, 6) is -0.167. The number of aromatic nitrogens is 3. The molecule has 6 nitrogen and oxygen atoms in total. The molecule has 0 bridgehead atoms. The number of carbonyl (C=O) groups is 1. The highest BCUT2D eigenvalue weighted by molar-refractivity contribution is 6.06. The number of nitrogens with one attached hydrogen (secondary N) is 1. The van der Waals surface area contributed by atoms with Gasteiger partial charge in [-0.1, -0.05) is 0 Å². The van der Waals surface area contributed by atoms with Crippen molar-refractivity contribution in [1.82, 2.24) is 14.5 Å². The van der Waals surface area contributed by atoms with Crippen molar-refractivity contribution in [2.24, 2.45) is 0 Å². The van der Waals surface area contributed by atoms with Gasteiger partial charge in [0.15, 0.2) is 0 Å². The van der Waals surface area contributed by atoms with Gasteiger partial charge < -0.3 is 14.6 Å². The number of hydrogen-bond acceptors (Lipinski definition) is 4. The lowest BCUT2D eigenvalue weighted by atomic mass is 10.1. The third-order valence-corrected chi connectivity index (χ3v) is 4.90. The zero-order chi connectivity index (χ0) is 19.7. The molecular formula is C22H22N4O2. The Balaban J connectivity index is 1.57. The van der Waals surface area contributed by atoms with E-state index in [4.69, 9.17) is 4.74 Å². The Labute approximate surface area is 163 Å². The van der Waals surface area contributed by atoms with Gasteiger partial charge in [0.25, 0.3) is 5.91 Å². The van der Waals surface area contributed by atoms with Gasteiger partial charge >= 0.3 is 0 Å². The molecule has 0 aliphatic carbocycles. The number of rotatable bonds is 5. The molecule has 2 aromatic carbocycles. The molecule has 2 aromatic heterocycles. The quantitative estimate of drug-likeness (QED) is 0.571. The summed E-state index contributed by atoms with van der Waals surface area (Å²) in [5, 5.41) is 4.05. The van der Waals surface area contributed by atoms with Gasteiger partial charge in [-0.3, -0.25) is 4.79 Å². The standard InChI is InChI=1S/C22H22N4O2/c1-14-15(2)24-20-13-17(4-6-19(20)23-14)22(27)25-18-5-7-21-16(12-18)8-9-26(21)10-11-28-3/h4-9,12-13H,10-11H2,1-3H3,(H,25,27). The predicted octanol–water partition coefficient (Wildman–Crippen LogP) is 4.10. The zero-order valence-electron chi connectivity index (χ0n) is 16.2. The maximum Gasteiger partial charge on any atom is 0.255 e. The molecule has 4 aromatic rings. The van der Waals surface area contributed by atoms with Crippen molar-refractivity contribution < 1.29 is 9.53 Å². The summed E-state index contributed by atoms with van der Waals surface area (Å²) >= 11 is 0. The Morgan fingerprint density at radius 1 is 1.04 bits per heavy atom. The van der Waals surface area contributed by atoms with E-state index in [0.29, 0.717) is 12.2 Å². The van der Waals surface area contributed by atoms with Crippen molar-refractivity contribution >= 4 is 33.5 Å². The molecule has 1 amide bonds. The molecule has 1 N–H and O–H groups in total. The maximum absolute atomic E-state index is 12.7. The summed E-state index contributed by atoms with van der Waals surface area (Å²) in [6.45, 7) is 5.30. The first-order valence-corrected chi connectivity index (χ1v) is 9.19. The van der Waals surface area contributed by atoms with E-state index >= 15 is 0 Å². The van der Waals surface area contributed by atoms with Crippen LogP contribution in [0, 0.1) is 13.8 Å². The van der Waals surface area contributed by atoms with E-state index < -0.39 is 0 Å². The third-order valence-electron chi connectivity index (χ3n) is 4.90. The molecule has 0 radical (unpaired) electrons. The number of ether oxygens (including phenoxy) is 1. The summed E-state index contributed by atoms with van der Waals surface area (Å²) in [7, 11) is 1.69. The fourth-order valence-electron chi connectivity index (χ4n) is 3.24. The molecule has 0 aliphatic heterocycles. The number of nitrogens with zero attached hydrogens (tertiary/aromatic N) is 3. The number of benzene rings is 2. The first-order valence-electron chi connectivity index (χ1n) is 9.19. The molecule has 142 valence electrons. The molecule has 0 spiro atoms. The first kappa shape index (κ1) is 18.1. The number of aryl methyl sites for hydroxylation is 2. The number of fused-ring (bicyclic) bond motifs is 2. The minimum Gasteiger partial charge on any atom is -0.383 e. The van der Waals surface area contributed by atoms with Crippen LogP contribution in [0.1, 0.15) is 21.7 Å². The van der Waals surface area contributed by atoms with Gasteiger partial charge in [0.2, 0.25) is 0 Å². The van der Waals surface area contributed by atoms with Gasteiger partial charge in [-0.15, -0.1) is 0 Å². The summed E-state index contributed by atoms with van der Waals surface area (Å²) in [6.07, 6.45) is 2.03. The van der Waals surface area contributed by atoms with Crippen LogP contribution in [-0.4, -0.2) is 34.2 Å². The lowest BCUT2D eigenvalue weighted by Gasteiger charge is -2.08. The highest BCUT2D eigenvalue weighted by atomic mass is 16.5.